The number of amides is 1. The van der Waals surface area contributed by atoms with Crippen LogP contribution in [0, 0.1) is 11.3 Å². The van der Waals surface area contributed by atoms with E-state index in [9.17, 15) is 14.9 Å². The maximum Gasteiger partial charge on any atom is 0.219 e. The topological polar surface area (TPSA) is 64.4 Å². The van der Waals surface area contributed by atoms with Gasteiger partial charge in [0.2, 0.25) is 5.91 Å². The van der Waals surface area contributed by atoms with Gasteiger partial charge in [-0.3, -0.25) is 9.59 Å². The van der Waals surface area contributed by atoms with E-state index < -0.39 is 0 Å². The maximum absolute atomic E-state index is 11.4. The molecular weight excluding hydrogens is 254 g/mol. The van der Waals surface area contributed by atoms with Gasteiger partial charge in [-0.2, -0.15) is 5.26 Å². The molecule has 1 aliphatic rings. The van der Waals surface area contributed by atoms with Gasteiger partial charge in [0, 0.05) is 38.7 Å². The summed E-state index contributed by atoms with van der Waals surface area (Å²) in [6.45, 7) is 4.50. The number of hydrogen-bond acceptors (Lipinski definition) is 4. The van der Waals surface area contributed by atoms with Crippen molar-refractivity contribution in [3.63, 3.8) is 0 Å². The van der Waals surface area contributed by atoms with Gasteiger partial charge in [0.05, 0.1) is 11.3 Å². The molecule has 1 aromatic rings. The second-order valence-electron chi connectivity index (χ2n) is 4.85. The van der Waals surface area contributed by atoms with Gasteiger partial charge in [0.1, 0.15) is 12.4 Å². The molecule has 5 heteroatoms. The van der Waals surface area contributed by atoms with E-state index in [0.29, 0.717) is 24.2 Å². The lowest BCUT2D eigenvalue weighted by Gasteiger charge is -2.24. The highest BCUT2D eigenvalue weighted by Crippen LogP contribution is 2.22. The fourth-order valence-electron chi connectivity index (χ4n) is 2.47. The van der Waals surface area contributed by atoms with Gasteiger partial charge in [-0.25, -0.2) is 0 Å². The van der Waals surface area contributed by atoms with Crippen LogP contribution in [0.5, 0.6) is 0 Å². The monoisotopic (exact) mass is 271 g/mol. The Bertz CT molecular complexity index is 563. The van der Waals surface area contributed by atoms with E-state index in [0.717, 1.165) is 31.5 Å². The highest BCUT2D eigenvalue weighted by molar-refractivity contribution is 5.78. The van der Waals surface area contributed by atoms with Crippen LogP contribution in [0.25, 0.3) is 0 Å². The van der Waals surface area contributed by atoms with Crippen molar-refractivity contribution < 1.29 is 9.59 Å². The molecule has 0 aliphatic carbocycles. The van der Waals surface area contributed by atoms with E-state index >= 15 is 0 Å². The number of benzene rings is 1. The van der Waals surface area contributed by atoms with Crippen molar-refractivity contribution >= 4 is 17.9 Å². The number of nitriles is 1. The van der Waals surface area contributed by atoms with E-state index in [2.05, 4.69) is 11.0 Å². The Kier molecular flexibility index (Phi) is 4.36. The normalized spacial score (nSPS) is 15.4. The molecule has 5 nitrogen and oxygen atoms in total. The smallest absolute Gasteiger partial charge is 0.219 e. The zero-order chi connectivity index (χ0) is 14.5. The van der Waals surface area contributed by atoms with Crippen LogP contribution in [-0.2, 0) is 4.79 Å². The average Bonchev–Trinajstić information content (AvgIpc) is 2.72. The summed E-state index contributed by atoms with van der Waals surface area (Å²) in [4.78, 5) is 26.1. The lowest BCUT2D eigenvalue weighted by molar-refractivity contribution is -0.128. The van der Waals surface area contributed by atoms with Crippen LogP contribution >= 0.6 is 0 Å². The van der Waals surface area contributed by atoms with Crippen molar-refractivity contribution in [2.24, 2.45) is 0 Å². The molecule has 20 heavy (non-hydrogen) atoms. The molecule has 1 aliphatic heterocycles. The predicted octanol–water partition coefficient (Wildman–Crippen LogP) is 1.43. The fourth-order valence-corrected chi connectivity index (χ4v) is 2.47. The van der Waals surface area contributed by atoms with Crippen molar-refractivity contribution in [2.75, 3.05) is 31.1 Å². The Labute approximate surface area is 118 Å². The summed E-state index contributed by atoms with van der Waals surface area (Å²) < 4.78 is 0. The average molecular weight is 271 g/mol. The van der Waals surface area contributed by atoms with Crippen molar-refractivity contribution in [3.05, 3.63) is 29.3 Å². The number of carbonyl (C=O) groups excluding carboxylic acids is 2. The molecule has 0 spiro atoms. The first kappa shape index (κ1) is 14.1. The van der Waals surface area contributed by atoms with Crippen molar-refractivity contribution in [1.82, 2.24) is 4.90 Å². The maximum atomic E-state index is 11.4. The molecule has 1 heterocycles. The lowest BCUT2D eigenvalue weighted by atomic mass is 10.1. The molecule has 0 aromatic heterocycles. The molecule has 0 N–H and O–H groups in total. The van der Waals surface area contributed by atoms with Gasteiger partial charge >= 0.3 is 0 Å². The Morgan fingerprint density at radius 2 is 2.10 bits per heavy atom. The molecule has 2 rings (SSSR count). The molecule has 1 amide bonds. The second-order valence-corrected chi connectivity index (χ2v) is 4.85. The van der Waals surface area contributed by atoms with E-state index in [1.807, 2.05) is 11.0 Å². The molecular formula is C15H17N3O2. The summed E-state index contributed by atoms with van der Waals surface area (Å²) in [5.74, 6) is 0.0867. The first-order valence-electron chi connectivity index (χ1n) is 6.65. The van der Waals surface area contributed by atoms with Gasteiger partial charge in [-0.05, 0) is 24.6 Å². The zero-order valence-electron chi connectivity index (χ0n) is 11.5. The minimum Gasteiger partial charge on any atom is -0.369 e. The third-order valence-corrected chi connectivity index (χ3v) is 3.56. The van der Waals surface area contributed by atoms with Gasteiger partial charge < -0.3 is 9.80 Å². The molecule has 0 bridgehead atoms. The summed E-state index contributed by atoms with van der Waals surface area (Å²) in [7, 11) is 0. The Balaban J connectivity index is 2.21. The largest absolute Gasteiger partial charge is 0.369 e. The number of nitrogens with zero attached hydrogens (tertiary/aromatic N) is 3. The van der Waals surface area contributed by atoms with Crippen LogP contribution < -0.4 is 4.90 Å². The summed E-state index contributed by atoms with van der Waals surface area (Å²) in [5, 5.41) is 9.22. The number of hydrogen-bond donors (Lipinski definition) is 0. The van der Waals surface area contributed by atoms with Crippen molar-refractivity contribution in [3.8, 4) is 6.07 Å². The third-order valence-electron chi connectivity index (χ3n) is 3.56. The quantitative estimate of drug-likeness (QED) is 0.763. The summed E-state index contributed by atoms with van der Waals surface area (Å²) in [6.07, 6.45) is 1.62. The van der Waals surface area contributed by atoms with Crippen LogP contribution in [0.4, 0.5) is 5.69 Å². The molecule has 1 aromatic carbocycles. The SMILES string of the molecule is CC(=O)N1CCCN(c2ccc(C=O)cc2C#N)CC1. The van der Waals surface area contributed by atoms with Crippen molar-refractivity contribution in [1.29, 1.82) is 5.26 Å². The first-order valence-corrected chi connectivity index (χ1v) is 6.65. The molecule has 1 saturated heterocycles. The fraction of sp³-hybridized carbons (Fsp3) is 0.400. The van der Waals surface area contributed by atoms with Gasteiger partial charge in [0.15, 0.2) is 0 Å². The Hall–Kier alpha value is -2.35. The van der Waals surface area contributed by atoms with E-state index in [1.54, 1.807) is 19.1 Å². The summed E-state index contributed by atoms with van der Waals surface area (Å²) >= 11 is 0. The molecule has 0 atom stereocenters. The molecule has 1 fully saturated rings. The highest BCUT2D eigenvalue weighted by atomic mass is 16.2. The highest BCUT2D eigenvalue weighted by Gasteiger charge is 2.18. The van der Waals surface area contributed by atoms with Crippen LogP contribution in [0.3, 0.4) is 0 Å². The van der Waals surface area contributed by atoms with Gasteiger partial charge in [-0.15, -0.1) is 0 Å². The number of carbonyl (C=O) groups is 2. The first-order chi connectivity index (χ1) is 9.65. The third kappa shape index (κ3) is 2.97. The van der Waals surface area contributed by atoms with E-state index in [-0.39, 0.29) is 5.91 Å². The Morgan fingerprint density at radius 3 is 2.75 bits per heavy atom. The standard InChI is InChI=1S/C15H17N3O2/c1-12(20)17-5-2-6-18(8-7-17)15-4-3-13(11-19)9-14(15)10-16/h3-4,9,11H,2,5-8H2,1H3. The number of anilines is 1. The number of rotatable bonds is 2. The second kappa shape index (κ2) is 6.20. The molecule has 0 unspecified atom stereocenters. The zero-order valence-corrected chi connectivity index (χ0v) is 11.5. The minimum absolute atomic E-state index is 0.0867. The summed E-state index contributed by atoms with van der Waals surface area (Å²) in [5.41, 5.74) is 1.85. The molecule has 104 valence electrons. The number of aldehydes is 1. The molecule has 0 saturated carbocycles. The van der Waals surface area contributed by atoms with E-state index in [4.69, 9.17) is 0 Å². The van der Waals surface area contributed by atoms with Crippen LogP contribution in [0.15, 0.2) is 18.2 Å². The molecule has 0 radical (unpaired) electrons. The van der Waals surface area contributed by atoms with Crippen molar-refractivity contribution in [2.45, 2.75) is 13.3 Å². The van der Waals surface area contributed by atoms with E-state index in [1.165, 1.54) is 0 Å². The van der Waals surface area contributed by atoms with Crippen LogP contribution in [0.1, 0.15) is 29.3 Å². The summed E-state index contributed by atoms with van der Waals surface area (Å²) in [6, 6.07) is 7.28. The predicted molar refractivity (Wildman–Crippen MR) is 75.6 cm³/mol. The lowest BCUT2D eigenvalue weighted by Crippen LogP contribution is -2.33. The van der Waals surface area contributed by atoms with Crippen LogP contribution in [-0.4, -0.2) is 43.3 Å². The van der Waals surface area contributed by atoms with Gasteiger partial charge in [-0.1, -0.05) is 0 Å². The Morgan fingerprint density at radius 1 is 1.30 bits per heavy atom. The van der Waals surface area contributed by atoms with Gasteiger partial charge in [0.25, 0.3) is 0 Å². The van der Waals surface area contributed by atoms with Crippen LogP contribution in [0.2, 0.25) is 0 Å². The minimum atomic E-state index is 0.0867.